The summed E-state index contributed by atoms with van der Waals surface area (Å²) in [5, 5.41) is 2.75. The van der Waals surface area contributed by atoms with Crippen LogP contribution in [0.2, 0.25) is 0 Å². The van der Waals surface area contributed by atoms with Gasteiger partial charge < -0.3 is 9.34 Å². The third-order valence-electron chi connectivity index (χ3n) is 3.63. The molecule has 100 valence electrons. The lowest BCUT2D eigenvalue weighted by Crippen LogP contribution is -2.34. The van der Waals surface area contributed by atoms with Gasteiger partial charge in [-0.25, -0.2) is 0 Å². The van der Waals surface area contributed by atoms with Crippen molar-refractivity contribution in [3.05, 3.63) is 36.4 Å². The molecule has 0 amide bonds. The van der Waals surface area contributed by atoms with E-state index in [1.165, 1.54) is 22.1 Å². The van der Waals surface area contributed by atoms with Crippen LogP contribution in [0.1, 0.15) is 27.7 Å². The number of benzene rings is 2. The van der Waals surface area contributed by atoms with Crippen LogP contribution in [0.4, 0.5) is 11.4 Å². The molecule has 0 saturated carbocycles. The minimum Gasteiger partial charge on any atom is -0.333 e. The number of hydrogen-bond donors (Lipinski definition) is 0. The van der Waals surface area contributed by atoms with Crippen molar-refractivity contribution in [2.24, 2.45) is 0 Å². The molecule has 1 heterocycles. The Morgan fingerprint density at radius 1 is 0.789 bits per heavy atom. The van der Waals surface area contributed by atoms with Crippen LogP contribution in [0.5, 0.6) is 0 Å². The standard InChI is InChI=1S/C16H21N2P/c1-11(2)17-14-9-5-7-13-8-6-10-15(16(13)14)18(19-17)12(3)4/h5-12,19H,1-4H3. The molecule has 19 heavy (non-hydrogen) atoms. The summed E-state index contributed by atoms with van der Waals surface area (Å²) >= 11 is 0. The Labute approximate surface area is 117 Å². The normalized spacial score (nSPS) is 14.8. The minimum absolute atomic E-state index is 0.526. The maximum Gasteiger partial charge on any atom is 0.0803 e. The van der Waals surface area contributed by atoms with Crippen LogP contribution in [0, 0.1) is 0 Å². The summed E-state index contributed by atoms with van der Waals surface area (Å²) in [6.45, 7) is 9.10. The van der Waals surface area contributed by atoms with Gasteiger partial charge >= 0.3 is 0 Å². The van der Waals surface area contributed by atoms with Crippen molar-refractivity contribution in [3.8, 4) is 0 Å². The molecule has 0 atom stereocenters. The van der Waals surface area contributed by atoms with E-state index in [1.54, 1.807) is 0 Å². The van der Waals surface area contributed by atoms with Crippen molar-refractivity contribution in [3.63, 3.8) is 0 Å². The summed E-state index contributed by atoms with van der Waals surface area (Å²) < 4.78 is 5.05. The Morgan fingerprint density at radius 3 is 1.68 bits per heavy atom. The molecule has 0 unspecified atom stereocenters. The highest BCUT2D eigenvalue weighted by Crippen LogP contribution is 2.49. The smallest absolute Gasteiger partial charge is 0.0803 e. The Balaban J connectivity index is 2.30. The van der Waals surface area contributed by atoms with Crippen molar-refractivity contribution in [2.75, 3.05) is 9.34 Å². The second-order valence-corrected chi connectivity index (χ2v) is 6.84. The second-order valence-electron chi connectivity index (χ2n) is 5.68. The Hall–Kier alpha value is -1.27. The molecule has 3 heteroatoms. The van der Waals surface area contributed by atoms with E-state index in [9.17, 15) is 0 Å². The van der Waals surface area contributed by atoms with Crippen molar-refractivity contribution in [1.29, 1.82) is 0 Å². The molecule has 0 spiro atoms. The molecule has 1 aliphatic heterocycles. The summed E-state index contributed by atoms with van der Waals surface area (Å²) in [7, 11) is 0.693. The van der Waals surface area contributed by atoms with Crippen molar-refractivity contribution < 1.29 is 0 Å². The van der Waals surface area contributed by atoms with Gasteiger partial charge in [0.25, 0.3) is 0 Å². The molecule has 2 aromatic rings. The Bertz CT molecular complexity index is 558. The van der Waals surface area contributed by atoms with Crippen molar-refractivity contribution in [2.45, 2.75) is 39.8 Å². The van der Waals surface area contributed by atoms with Gasteiger partial charge in [0.2, 0.25) is 0 Å². The molecule has 2 nitrogen and oxygen atoms in total. The van der Waals surface area contributed by atoms with Crippen molar-refractivity contribution >= 4 is 31.0 Å². The summed E-state index contributed by atoms with van der Waals surface area (Å²) in [6.07, 6.45) is 0. The maximum atomic E-state index is 2.52. The first-order valence-electron chi connectivity index (χ1n) is 6.96. The van der Waals surface area contributed by atoms with Crippen molar-refractivity contribution in [1.82, 2.24) is 0 Å². The molecule has 2 aromatic carbocycles. The fourth-order valence-electron chi connectivity index (χ4n) is 2.71. The number of anilines is 2. The van der Waals surface area contributed by atoms with Crippen LogP contribution in [-0.2, 0) is 0 Å². The average Bonchev–Trinajstić information content (AvgIpc) is 2.39. The lowest BCUT2D eigenvalue weighted by Gasteiger charge is -2.42. The number of nitrogens with zero attached hydrogens (tertiary/aromatic N) is 2. The predicted molar refractivity (Wildman–Crippen MR) is 87.5 cm³/mol. The van der Waals surface area contributed by atoms with Crippen LogP contribution in [-0.4, -0.2) is 12.1 Å². The van der Waals surface area contributed by atoms with E-state index in [-0.39, 0.29) is 0 Å². The molecule has 1 aliphatic rings. The Morgan fingerprint density at radius 2 is 1.26 bits per heavy atom. The van der Waals surface area contributed by atoms with Gasteiger partial charge in [-0.3, -0.25) is 0 Å². The van der Waals surface area contributed by atoms with E-state index >= 15 is 0 Å². The van der Waals surface area contributed by atoms with Gasteiger partial charge in [-0.05, 0) is 45.2 Å². The van der Waals surface area contributed by atoms with Crippen LogP contribution in [0.25, 0.3) is 10.8 Å². The molecule has 0 radical (unpaired) electrons. The summed E-state index contributed by atoms with van der Waals surface area (Å²) in [5.74, 6) is 0. The third kappa shape index (κ3) is 1.99. The minimum atomic E-state index is 0.526. The molecule has 0 bridgehead atoms. The van der Waals surface area contributed by atoms with E-state index < -0.39 is 0 Å². The SMILES string of the molecule is CC(C)N1PN(C(C)C)c2cccc3cccc1c23. The largest absolute Gasteiger partial charge is 0.333 e. The molecular formula is C16H21N2P. The van der Waals surface area contributed by atoms with E-state index in [4.69, 9.17) is 0 Å². The van der Waals surface area contributed by atoms with E-state index in [1.807, 2.05) is 0 Å². The molecule has 0 saturated heterocycles. The average molecular weight is 272 g/mol. The Kier molecular flexibility index (Phi) is 3.14. The van der Waals surface area contributed by atoms with E-state index in [0.29, 0.717) is 21.0 Å². The third-order valence-corrected chi connectivity index (χ3v) is 5.57. The fraction of sp³-hybridized carbons (Fsp3) is 0.375. The first kappa shape index (κ1) is 12.7. The summed E-state index contributed by atoms with van der Waals surface area (Å²) in [6, 6.07) is 14.4. The highest BCUT2D eigenvalue weighted by atomic mass is 31.1. The molecule has 0 aliphatic carbocycles. The van der Waals surface area contributed by atoms with E-state index in [2.05, 4.69) is 73.4 Å². The fourth-order valence-corrected chi connectivity index (χ4v) is 4.00. The summed E-state index contributed by atoms with van der Waals surface area (Å²) in [4.78, 5) is 0. The zero-order valence-electron chi connectivity index (χ0n) is 12.0. The van der Waals surface area contributed by atoms with Gasteiger partial charge in [0.1, 0.15) is 0 Å². The van der Waals surface area contributed by atoms with Gasteiger partial charge in [-0.1, -0.05) is 24.3 Å². The zero-order chi connectivity index (χ0) is 13.6. The lowest BCUT2D eigenvalue weighted by molar-refractivity contribution is 0.797. The topological polar surface area (TPSA) is 6.48 Å². The van der Waals surface area contributed by atoms with Gasteiger partial charge in [0.15, 0.2) is 0 Å². The first-order valence-corrected chi connectivity index (χ1v) is 7.85. The van der Waals surface area contributed by atoms with Gasteiger partial charge in [-0.15, -0.1) is 0 Å². The van der Waals surface area contributed by atoms with Gasteiger partial charge in [0.05, 0.1) is 20.3 Å². The van der Waals surface area contributed by atoms with Crippen LogP contribution in [0.3, 0.4) is 0 Å². The van der Waals surface area contributed by atoms with Gasteiger partial charge in [-0.2, -0.15) is 0 Å². The zero-order valence-corrected chi connectivity index (χ0v) is 13.0. The monoisotopic (exact) mass is 272 g/mol. The molecule has 0 aromatic heterocycles. The number of hydrogen-bond acceptors (Lipinski definition) is 2. The molecule has 3 rings (SSSR count). The molecule has 0 fully saturated rings. The molecular weight excluding hydrogens is 251 g/mol. The van der Waals surface area contributed by atoms with Crippen LogP contribution >= 0.6 is 8.88 Å². The lowest BCUT2D eigenvalue weighted by atomic mass is 10.1. The molecule has 0 N–H and O–H groups in total. The maximum absolute atomic E-state index is 2.52. The quantitative estimate of drug-likeness (QED) is 0.725. The van der Waals surface area contributed by atoms with Crippen LogP contribution in [0.15, 0.2) is 36.4 Å². The first-order chi connectivity index (χ1) is 9.09. The van der Waals surface area contributed by atoms with Gasteiger partial charge in [0, 0.05) is 17.5 Å². The summed E-state index contributed by atoms with van der Waals surface area (Å²) in [5.41, 5.74) is 2.77. The highest BCUT2D eigenvalue weighted by molar-refractivity contribution is 7.42. The highest BCUT2D eigenvalue weighted by Gasteiger charge is 2.27. The van der Waals surface area contributed by atoms with Crippen LogP contribution < -0.4 is 9.34 Å². The number of rotatable bonds is 2. The predicted octanol–water partition coefficient (Wildman–Crippen LogP) is 4.79. The second kappa shape index (κ2) is 4.68. The van der Waals surface area contributed by atoms with E-state index in [0.717, 1.165) is 0 Å².